The molecule has 0 heterocycles. The maximum Gasteiger partial charge on any atom is 0.242 e. The molecule has 132 valence electrons. The van der Waals surface area contributed by atoms with Gasteiger partial charge in [-0.1, -0.05) is 60.1 Å². The SMILES string of the molecule is CCNC(=O)C(C)N(Cc1ccccc1)C(=O)Cc1ccccc1Cl. The van der Waals surface area contributed by atoms with E-state index in [1.54, 1.807) is 17.9 Å². The molecule has 0 fully saturated rings. The first-order valence-electron chi connectivity index (χ1n) is 8.37. The summed E-state index contributed by atoms with van der Waals surface area (Å²) >= 11 is 6.18. The molecular formula is C20H23ClN2O2. The van der Waals surface area contributed by atoms with Crippen LogP contribution < -0.4 is 5.32 Å². The minimum Gasteiger partial charge on any atom is -0.355 e. The van der Waals surface area contributed by atoms with Crippen LogP contribution in [0.15, 0.2) is 54.6 Å². The lowest BCUT2D eigenvalue weighted by atomic mass is 10.1. The molecule has 0 aliphatic heterocycles. The van der Waals surface area contributed by atoms with E-state index in [1.165, 1.54) is 0 Å². The fourth-order valence-electron chi connectivity index (χ4n) is 2.59. The third kappa shape index (κ3) is 5.33. The van der Waals surface area contributed by atoms with Crippen molar-refractivity contribution in [2.75, 3.05) is 6.54 Å². The Bertz CT molecular complexity index is 719. The number of rotatable bonds is 7. The van der Waals surface area contributed by atoms with Crippen molar-refractivity contribution in [1.29, 1.82) is 0 Å². The number of benzene rings is 2. The molecule has 0 aromatic heterocycles. The van der Waals surface area contributed by atoms with Gasteiger partial charge in [0.2, 0.25) is 11.8 Å². The fourth-order valence-corrected chi connectivity index (χ4v) is 2.79. The zero-order valence-electron chi connectivity index (χ0n) is 14.5. The highest BCUT2D eigenvalue weighted by atomic mass is 35.5. The van der Waals surface area contributed by atoms with Crippen molar-refractivity contribution in [3.8, 4) is 0 Å². The molecule has 0 saturated carbocycles. The summed E-state index contributed by atoms with van der Waals surface area (Å²) in [6.07, 6.45) is 0.163. The Morgan fingerprint density at radius 2 is 1.72 bits per heavy atom. The Kier molecular flexibility index (Phi) is 7.02. The van der Waals surface area contributed by atoms with Gasteiger partial charge < -0.3 is 10.2 Å². The quantitative estimate of drug-likeness (QED) is 0.824. The van der Waals surface area contributed by atoms with Gasteiger partial charge in [0.25, 0.3) is 0 Å². The summed E-state index contributed by atoms with van der Waals surface area (Å²) in [5.74, 6) is -0.290. The van der Waals surface area contributed by atoms with E-state index >= 15 is 0 Å². The molecule has 2 rings (SSSR count). The predicted molar refractivity (Wildman–Crippen MR) is 100 cm³/mol. The summed E-state index contributed by atoms with van der Waals surface area (Å²) in [6, 6.07) is 16.4. The molecule has 0 radical (unpaired) electrons. The van der Waals surface area contributed by atoms with E-state index in [2.05, 4.69) is 5.32 Å². The number of amides is 2. The monoisotopic (exact) mass is 358 g/mol. The Labute approximate surface area is 153 Å². The van der Waals surface area contributed by atoms with Crippen LogP contribution in [0, 0.1) is 0 Å². The molecule has 0 saturated heterocycles. The molecule has 0 bridgehead atoms. The summed E-state index contributed by atoms with van der Waals surface area (Å²) in [7, 11) is 0. The molecule has 0 spiro atoms. The van der Waals surface area contributed by atoms with Crippen molar-refractivity contribution in [2.24, 2.45) is 0 Å². The highest BCUT2D eigenvalue weighted by Crippen LogP contribution is 2.18. The molecule has 1 atom stereocenters. The minimum atomic E-state index is -0.560. The summed E-state index contributed by atoms with van der Waals surface area (Å²) in [4.78, 5) is 26.8. The van der Waals surface area contributed by atoms with Gasteiger partial charge in [0, 0.05) is 18.1 Å². The van der Waals surface area contributed by atoms with Crippen LogP contribution in [0.4, 0.5) is 0 Å². The number of nitrogens with zero attached hydrogens (tertiary/aromatic N) is 1. The molecule has 2 aromatic rings. The second-order valence-corrected chi connectivity index (χ2v) is 6.25. The first kappa shape index (κ1) is 19.0. The number of carbonyl (C=O) groups is 2. The van der Waals surface area contributed by atoms with E-state index in [4.69, 9.17) is 11.6 Å². The van der Waals surface area contributed by atoms with E-state index in [9.17, 15) is 9.59 Å². The van der Waals surface area contributed by atoms with E-state index in [1.807, 2.05) is 55.5 Å². The Hall–Kier alpha value is -2.33. The molecule has 5 heteroatoms. The van der Waals surface area contributed by atoms with Gasteiger partial charge in [-0.25, -0.2) is 0 Å². The highest BCUT2D eigenvalue weighted by Gasteiger charge is 2.26. The van der Waals surface area contributed by atoms with Crippen LogP contribution in [0.3, 0.4) is 0 Å². The van der Waals surface area contributed by atoms with Crippen LogP contribution in [0.2, 0.25) is 5.02 Å². The third-order valence-electron chi connectivity index (χ3n) is 4.01. The molecule has 2 aromatic carbocycles. The molecule has 4 nitrogen and oxygen atoms in total. The number of halogens is 1. The average molecular weight is 359 g/mol. The topological polar surface area (TPSA) is 49.4 Å². The van der Waals surface area contributed by atoms with E-state index in [0.29, 0.717) is 18.1 Å². The standard InChI is InChI=1S/C20H23ClN2O2/c1-3-22-20(25)15(2)23(14-16-9-5-4-6-10-16)19(24)13-17-11-7-8-12-18(17)21/h4-12,15H,3,13-14H2,1-2H3,(H,22,25). The zero-order chi connectivity index (χ0) is 18.2. The minimum absolute atomic E-state index is 0.129. The van der Waals surface area contributed by atoms with E-state index < -0.39 is 6.04 Å². The van der Waals surface area contributed by atoms with Gasteiger partial charge >= 0.3 is 0 Å². The second kappa shape index (κ2) is 9.23. The van der Waals surface area contributed by atoms with Crippen LogP contribution in [0.5, 0.6) is 0 Å². The van der Waals surface area contributed by atoms with Gasteiger partial charge in [0.05, 0.1) is 6.42 Å². The van der Waals surface area contributed by atoms with Crippen molar-refractivity contribution in [3.63, 3.8) is 0 Å². The van der Waals surface area contributed by atoms with Crippen molar-refractivity contribution >= 4 is 23.4 Å². The number of nitrogens with one attached hydrogen (secondary N) is 1. The van der Waals surface area contributed by atoms with E-state index in [-0.39, 0.29) is 18.2 Å². The Morgan fingerprint density at radius 1 is 1.08 bits per heavy atom. The summed E-state index contributed by atoms with van der Waals surface area (Å²) in [5, 5.41) is 3.34. The van der Waals surface area contributed by atoms with Crippen LogP contribution in [-0.2, 0) is 22.6 Å². The van der Waals surface area contributed by atoms with Crippen molar-refractivity contribution in [3.05, 3.63) is 70.7 Å². The smallest absolute Gasteiger partial charge is 0.242 e. The largest absolute Gasteiger partial charge is 0.355 e. The highest BCUT2D eigenvalue weighted by molar-refractivity contribution is 6.31. The average Bonchev–Trinajstić information content (AvgIpc) is 2.62. The second-order valence-electron chi connectivity index (χ2n) is 5.85. The van der Waals surface area contributed by atoms with Crippen LogP contribution in [0.25, 0.3) is 0 Å². The molecule has 1 unspecified atom stereocenters. The molecule has 0 aliphatic rings. The first-order valence-corrected chi connectivity index (χ1v) is 8.75. The van der Waals surface area contributed by atoms with Gasteiger partial charge in [-0.2, -0.15) is 0 Å². The lowest BCUT2D eigenvalue weighted by Crippen LogP contribution is -2.48. The maximum absolute atomic E-state index is 12.9. The zero-order valence-corrected chi connectivity index (χ0v) is 15.3. The van der Waals surface area contributed by atoms with E-state index in [0.717, 1.165) is 11.1 Å². The van der Waals surface area contributed by atoms with Crippen LogP contribution in [-0.4, -0.2) is 29.3 Å². The van der Waals surface area contributed by atoms with Gasteiger partial charge in [-0.05, 0) is 31.0 Å². The maximum atomic E-state index is 12.9. The summed E-state index contributed by atoms with van der Waals surface area (Å²) in [6.45, 7) is 4.51. The molecule has 1 N–H and O–H groups in total. The molecular weight excluding hydrogens is 336 g/mol. The van der Waals surface area contributed by atoms with Gasteiger partial charge in [-0.15, -0.1) is 0 Å². The van der Waals surface area contributed by atoms with Gasteiger partial charge in [0.1, 0.15) is 6.04 Å². The third-order valence-corrected chi connectivity index (χ3v) is 4.38. The van der Waals surface area contributed by atoms with Gasteiger partial charge in [0.15, 0.2) is 0 Å². The fraction of sp³-hybridized carbons (Fsp3) is 0.300. The number of hydrogen-bond acceptors (Lipinski definition) is 2. The van der Waals surface area contributed by atoms with Crippen molar-refractivity contribution in [2.45, 2.75) is 32.9 Å². The van der Waals surface area contributed by atoms with Crippen LogP contribution >= 0.6 is 11.6 Å². The molecule has 2 amide bonds. The van der Waals surface area contributed by atoms with Crippen molar-refractivity contribution < 1.29 is 9.59 Å². The predicted octanol–water partition coefficient (Wildman–Crippen LogP) is 3.44. The first-order chi connectivity index (χ1) is 12.0. The summed E-state index contributed by atoms with van der Waals surface area (Å²) in [5.41, 5.74) is 1.74. The lowest BCUT2D eigenvalue weighted by molar-refractivity contribution is -0.140. The lowest BCUT2D eigenvalue weighted by Gasteiger charge is -2.29. The number of carbonyl (C=O) groups excluding carboxylic acids is 2. The number of likely N-dealkylation sites (N-methyl/N-ethyl adjacent to an activating group) is 1. The Morgan fingerprint density at radius 3 is 2.36 bits per heavy atom. The molecule has 0 aliphatic carbocycles. The van der Waals surface area contributed by atoms with Crippen LogP contribution in [0.1, 0.15) is 25.0 Å². The number of hydrogen-bond donors (Lipinski definition) is 1. The van der Waals surface area contributed by atoms with Crippen molar-refractivity contribution in [1.82, 2.24) is 10.2 Å². The summed E-state index contributed by atoms with van der Waals surface area (Å²) < 4.78 is 0. The normalized spacial score (nSPS) is 11.6. The molecule has 25 heavy (non-hydrogen) atoms. The van der Waals surface area contributed by atoms with Gasteiger partial charge in [-0.3, -0.25) is 9.59 Å². The Balaban J connectivity index is 2.22.